The normalized spacial score (nSPS) is 10.2. The van der Waals surface area contributed by atoms with E-state index in [-0.39, 0.29) is 5.56 Å². The van der Waals surface area contributed by atoms with Crippen molar-refractivity contribution in [3.63, 3.8) is 0 Å². The van der Waals surface area contributed by atoms with E-state index in [0.717, 1.165) is 24.2 Å². The maximum absolute atomic E-state index is 13.4. The van der Waals surface area contributed by atoms with Crippen LogP contribution in [0.15, 0.2) is 42.5 Å². The molecule has 0 saturated heterocycles. The lowest BCUT2D eigenvalue weighted by Gasteiger charge is -2.05. The maximum Gasteiger partial charge on any atom is 0.152 e. The van der Waals surface area contributed by atoms with Crippen LogP contribution in [0.5, 0.6) is 5.75 Å². The van der Waals surface area contributed by atoms with Crippen LogP contribution in [0.25, 0.3) is 0 Å². The molecule has 0 heterocycles. The summed E-state index contributed by atoms with van der Waals surface area (Å²) >= 11 is 0. The van der Waals surface area contributed by atoms with Crippen LogP contribution in [-0.2, 0) is 12.8 Å². The number of ether oxygens (including phenoxy) is 1. The molecule has 0 amide bonds. The number of hydrogen-bond acceptors (Lipinski definition) is 2. The van der Waals surface area contributed by atoms with Crippen LogP contribution in [0.1, 0.15) is 21.5 Å². The van der Waals surface area contributed by atoms with Crippen LogP contribution in [-0.4, -0.2) is 13.4 Å². The Hall–Kier alpha value is -2.16. The summed E-state index contributed by atoms with van der Waals surface area (Å²) in [5.74, 6) is 0.368. The number of rotatable bonds is 5. The summed E-state index contributed by atoms with van der Waals surface area (Å²) in [4.78, 5) is 10.5. The molecule has 0 N–H and O–H groups in total. The molecule has 2 rings (SSSR count). The van der Waals surface area contributed by atoms with Crippen LogP contribution >= 0.6 is 0 Å². The summed E-state index contributed by atoms with van der Waals surface area (Å²) in [6.45, 7) is 0. The van der Waals surface area contributed by atoms with E-state index in [4.69, 9.17) is 4.74 Å². The number of aldehydes is 1. The van der Waals surface area contributed by atoms with Gasteiger partial charge in [-0.05, 0) is 48.2 Å². The molecule has 0 unspecified atom stereocenters. The van der Waals surface area contributed by atoms with Gasteiger partial charge in [0.25, 0.3) is 0 Å². The SMILES string of the molecule is COc1ccc(CCc2ccc(C=O)c(F)c2)cc1. The predicted octanol–water partition coefficient (Wildman–Crippen LogP) is 3.43. The van der Waals surface area contributed by atoms with Crippen molar-refractivity contribution in [2.75, 3.05) is 7.11 Å². The van der Waals surface area contributed by atoms with E-state index < -0.39 is 5.82 Å². The summed E-state index contributed by atoms with van der Waals surface area (Å²) < 4.78 is 18.5. The fourth-order valence-electron chi connectivity index (χ4n) is 1.90. The lowest BCUT2D eigenvalue weighted by atomic mass is 10.0. The first-order valence-corrected chi connectivity index (χ1v) is 6.09. The van der Waals surface area contributed by atoms with E-state index in [1.54, 1.807) is 13.2 Å². The van der Waals surface area contributed by atoms with Gasteiger partial charge in [-0.2, -0.15) is 0 Å². The van der Waals surface area contributed by atoms with Crippen LogP contribution in [0, 0.1) is 5.82 Å². The fourth-order valence-corrected chi connectivity index (χ4v) is 1.90. The summed E-state index contributed by atoms with van der Waals surface area (Å²) in [7, 11) is 1.63. The number of halogens is 1. The highest BCUT2D eigenvalue weighted by Gasteiger charge is 2.03. The van der Waals surface area contributed by atoms with Crippen LogP contribution in [0.3, 0.4) is 0 Å². The minimum Gasteiger partial charge on any atom is -0.497 e. The number of methoxy groups -OCH3 is 1. The third kappa shape index (κ3) is 3.41. The Morgan fingerprint density at radius 2 is 1.68 bits per heavy atom. The van der Waals surface area contributed by atoms with E-state index in [1.807, 2.05) is 24.3 Å². The number of aryl methyl sites for hydroxylation is 2. The lowest BCUT2D eigenvalue weighted by molar-refractivity contribution is 0.112. The van der Waals surface area contributed by atoms with E-state index >= 15 is 0 Å². The largest absolute Gasteiger partial charge is 0.497 e. The molecule has 2 aromatic carbocycles. The second-order valence-corrected chi connectivity index (χ2v) is 4.32. The molecule has 0 aliphatic rings. The Labute approximate surface area is 111 Å². The van der Waals surface area contributed by atoms with Gasteiger partial charge < -0.3 is 4.74 Å². The predicted molar refractivity (Wildman–Crippen MR) is 72.2 cm³/mol. The van der Waals surface area contributed by atoms with Crippen molar-refractivity contribution in [1.29, 1.82) is 0 Å². The first-order valence-electron chi connectivity index (χ1n) is 6.09. The molecule has 0 aliphatic carbocycles. The number of hydrogen-bond donors (Lipinski definition) is 0. The molecule has 2 nitrogen and oxygen atoms in total. The minimum atomic E-state index is -0.456. The summed E-state index contributed by atoms with van der Waals surface area (Å²) in [6, 6.07) is 12.5. The van der Waals surface area contributed by atoms with Gasteiger partial charge >= 0.3 is 0 Å². The second-order valence-electron chi connectivity index (χ2n) is 4.32. The first-order chi connectivity index (χ1) is 9.22. The van der Waals surface area contributed by atoms with Crippen molar-refractivity contribution in [3.8, 4) is 5.75 Å². The van der Waals surface area contributed by atoms with E-state index in [2.05, 4.69) is 0 Å². The van der Waals surface area contributed by atoms with Gasteiger partial charge in [0.05, 0.1) is 12.7 Å². The van der Waals surface area contributed by atoms with Gasteiger partial charge in [0.2, 0.25) is 0 Å². The average molecular weight is 258 g/mol. The third-order valence-electron chi connectivity index (χ3n) is 3.05. The molecule has 98 valence electrons. The van der Waals surface area contributed by atoms with Crippen molar-refractivity contribution in [2.24, 2.45) is 0 Å². The Bertz CT molecular complexity index is 561. The van der Waals surface area contributed by atoms with Crippen molar-refractivity contribution >= 4 is 6.29 Å². The van der Waals surface area contributed by atoms with Gasteiger partial charge in [-0.1, -0.05) is 18.2 Å². The highest BCUT2D eigenvalue weighted by atomic mass is 19.1. The molecule has 0 radical (unpaired) electrons. The molecule has 0 aromatic heterocycles. The van der Waals surface area contributed by atoms with Gasteiger partial charge in [-0.25, -0.2) is 4.39 Å². The van der Waals surface area contributed by atoms with Gasteiger partial charge in [-0.3, -0.25) is 4.79 Å². The lowest BCUT2D eigenvalue weighted by Crippen LogP contribution is -1.95. The van der Waals surface area contributed by atoms with Crippen molar-refractivity contribution in [3.05, 3.63) is 65.0 Å². The average Bonchev–Trinajstić information content (AvgIpc) is 2.46. The van der Waals surface area contributed by atoms with Gasteiger partial charge in [0.15, 0.2) is 6.29 Å². The second kappa shape index (κ2) is 6.14. The van der Waals surface area contributed by atoms with Crippen molar-refractivity contribution in [1.82, 2.24) is 0 Å². The molecule has 0 saturated carbocycles. The van der Waals surface area contributed by atoms with Crippen molar-refractivity contribution in [2.45, 2.75) is 12.8 Å². The number of carbonyl (C=O) groups is 1. The molecule has 0 spiro atoms. The molecular formula is C16H15FO2. The first kappa shape index (κ1) is 13.3. The molecule has 0 aliphatic heterocycles. The van der Waals surface area contributed by atoms with Crippen molar-refractivity contribution < 1.29 is 13.9 Å². The minimum absolute atomic E-state index is 0.105. The molecule has 19 heavy (non-hydrogen) atoms. The fraction of sp³-hybridized carbons (Fsp3) is 0.188. The molecule has 0 fully saturated rings. The molecule has 0 bridgehead atoms. The zero-order valence-electron chi connectivity index (χ0n) is 10.7. The molecule has 3 heteroatoms. The molecule has 2 aromatic rings. The zero-order chi connectivity index (χ0) is 13.7. The molecular weight excluding hydrogens is 243 g/mol. The van der Waals surface area contributed by atoms with Gasteiger partial charge in [-0.15, -0.1) is 0 Å². The number of carbonyl (C=O) groups excluding carboxylic acids is 1. The highest BCUT2D eigenvalue weighted by molar-refractivity contribution is 5.75. The monoisotopic (exact) mass is 258 g/mol. The maximum atomic E-state index is 13.4. The van der Waals surface area contributed by atoms with Crippen LogP contribution < -0.4 is 4.74 Å². The van der Waals surface area contributed by atoms with Crippen LogP contribution in [0.4, 0.5) is 4.39 Å². The summed E-state index contributed by atoms with van der Waals surface area (Å²) in [6.07, 6.45) is 2.09. The Morgan fingerprint density at radius 1 is 1.05 bits per heavy atom. The third-order valence-corrected chi connectivity index (χ3v) is 3.05. The topological polar surface area (TPSA) is 26.3 Å². The summed E-state index contributed by atoms with van der Waals surface area (Å²) in [5, 5.41) is 0. The van der Waals surface area contributed by atoms with Gasteiger partial charge in [0, 0.05) is 0 Å². The number of benzene rings is 2. The Morgan fingerprint density at radius 3 is 2.26 bits per heavy atom. The van der Waals surface area contributed by atoms with Gasteiger partial charge in [0.1, 0.15) is 11.6 Å². The molecule has 0 atom stereocenters. The zero-order valence-corrected chi connectivity index (χ0v) is 10.7. The summed E-state index contributed by atoms with van der Waals surface area (Å²) in [5.41, 5.74) is 2.16. The van der Waals surface area contributed by atoms with E-state index in [9.17, 15) is 9.18 Å². The smallest absolute Gasteiger partial charge is 0.152 e. The Balaban J connectivity index is 2.01. The quantitative estimate of drug-likeness (QED) is 0.768. The van der Waals surface area contributed by atoms with Crippen LogP contribution in [0.2, 0.25) is 0 Å². The van der Waals surface area contributed by atoms with E-state index in [1.165, 1.54) is 17.7 Å². The Kier molecular flexibility index (Phi) is 4.29. The standard InChI is InChI=1S/C16H15FO2/c1-19-15-8-5-12(6-9-15)2-3-13-4-7-14(11-18)16(17)10-13/h4-11H,2-3H2,1H3. The van der Waals surface area contributed by atoms with E-state index in [0.29, 0.717) is 6.29 Å². The highest BCUT2D eigenvalue weighted by Crippen LogP contribution is 2.15.